The van der Waals surface area contributed by atoms with Crippen LogP contribution in [0.3, 0.4) is 0 Å². The second kappa shape index (κ2) is 4.51. The third kappa shape index (κ3) is 2.16. The van der Waals surface area contributed by atoms with E-state index in [2.05, 4.69) is 4.98 Å². The predicted molar refractivity (Wildman–Crippen MR) is 73.5 cm³/mol. The van der Waals surface area contributed by atoms with Crippen LogP contribution in [0, 0.1) is 5.82 Å². The van der Waals surface area contributed by atoms with Crippen LogP contribution in [0.1, 0.15) is 39.3 Å². The SMILES string of the molecule is CC1(C)OB(c2cnc(C3COC3)cc2F)OC1(C)C. The van der Waals surface area contributed by atoms with Crippen molar-refractivity contribution in [1.82, 2.24) is 4.98 Å². The average molecular weight is 279 g/mol. The summed E-state index contributed by atoms with van der Waals surface area (Å²) in [5.41, 5.74) is 0.122. The van der Waals surface area contributed by atoms with Crippen LogP contribution in [-0.4, -0.2) is 36.5 Å². The van der Waals surface area contributed by atoms with E-state index in [1.165, 1.54) is 12.3 Å². The van der Waals surface area contributed by atoms with E-state index in [9.17, 15) is 4.39 Å². The lowest BCUT2D eigenvalue weighted by molar-refractivity contribution is 0.00578. The minimum absolute atomic E-state index is 0.205. The van der Waals surface area contributed by atoms with Crippen molar-refractivity contribution in [2.45, 2.75) is 44.8 Å². The molecular formula is C14H19BFNO3. The van der Waals surface area contributed by atoms with Crippen LogP contribution in [0.5, 0.6) is 0 Å². The van der Waals surface area contributed by atoms with E-state index in [1.807, 2.05) is 27.7 Å². The van der Waals surface area contributed by atoms with Gasteiger partial charge in [-0.25, -0.2) is 4.39 Å². The number of ether oxygens (including phenoxy) is 1. The molecule has 4 nitrogen and oxygen atoms in total. The third-order valence-corrected chi connectivity index (χ3v) is 4.47. The normalized spacial score (nSPS) is 24.8. The maximum absolute atomic E-state index is 14.3. The molecule has 2 fully saturated rings. The quantitative estimate of drug-likeness (QED) is 0.772. The molecule has 1 aromatic rings. The van der Waals surface area contributed by atoms with Gasteiger partial charge in [0.1, 0.15) is 5.82 Å². The Kier molecular flexibility index (Phi) is 3.16. The minimum Gasteiger partial charge on any atom is -0.399 e. The molecule has 2 aliphatic heterocycles. The molecular weight excluding hydrogens is 260 g/mol. The third-order valence-electron chi connectivity index (χ3n) is 4.47. The van der Waals surface area contributed by atoms with Gasteiger partial charge < -0.3 is 14.0 Å². The van der Waals surface area contributed by atoms with Gasteiger partial charge in [0, 0.05) is 17.6 Å². The zero-order valence-corrected chi connectivity index (χ0v) is 12.3. The maximum atomic E-state index is 14.3. The fourth-order valence-electron chi connectivity index (χ4n) is 2.23. The summed E-state index contributed by atoms with van der Waals surface area (Å²) in [6.07, 6.45) is 1.52. The molecule has 108 valence electrons. The molecule has 0 aromatic carbocycles. The Hall–Kier alpha value is -0.975. The monoisotopic (exact) mass is 279 g/mol. The van der Waals surface area contributed by atoms with Crippen LogP contribution in [0.4, 0.5) is 4.39 Å². The van der Waals surface area contributed by atoms with E-state index in [0.29, 0.717) is 18.7 Å². The molecule has 0 unspecified atom stereocenters. The van der Waals surface area contributed by atoms with E-state index >= 15 is 0 Å². The molecule has 0 atom stereocenters. The first-order chi connectivity index (χ1) is 9.30. The average Bonchev–Trinajstić information content (AvgIpc) is 2.45. The fraction of sp³-hybridized carbons (Fsp3) is 0.643. The highest BCUT2D eigenvalue weighted by Crippen LogP contribution is 2.36. The Bertz CT molecular complexity index is 515. The number of pyridine rings is 1. The van der Waals surface area contributed by atoms with Crippen molar-refractivity contribution in [2.24, 2.45) is 0 Å². The molecule has 0 N–H and O–H groups in total. The molecule has 0 amide bonds. The van der Waals surface area contributed by atoms with Gasteiger partial charge in [-0.15, -0.1) is 0 Å². The van der Waals surface area contributed by atoms with Crippen LogP contribution >= 0.6 is 0 Å². The van der Waals surface area contributed by atoms with Gasteiger partial charge in [0.15, 0.2) is 0 Å². The zero-order valence-electron chi connectivity index (χ0n) is 12.3. The van der Waals surface area contributed by atoms with E-state index in [4.69, 9.17) is 14.0 Å². The van der Waals surface area contributed by atoms with E-state index in [1.54, 1.807) is 0 Å². The Morgan fingerprint density at radius 3 is 2.25 bits per heavy atom. The van der Waals surface area contributed by atoms with Gasteiger partial charge in [0.2, 0.25) is 0 Å². The molecule has 0 bridgehead atoms. The summed E-state index contributed by atoms with van der Waals surface area (Å²) in [4.78, 5) is 4.32. The van der Waals surface area contributed by atoms with Crippen LogP contribution in [0.2, 0.25) is 0 Å². The summed E-state index contributed by atoms with van der Waals surface area (Å²) in [6.45, 7) is 9.00. The summed E-state index contributed by atoms with van der Waals surface area (Å²) in [7, 11) is -0.709. The number of hydrogen-bond donors (Lipinski definition) is 0. The molecule has 0 spiro atoms. The molecule has 3 rings (SSSR count). The van der Waals surface area contributed by atoms with Crippen molar-refractivity contribution < 1.29 is 18.4 Å². The Labute approximate surface area is 118 Å². The predicted octanol–water partition coefficient (Wildman–Crippen LogP) is 1.63. The summed E-state index contributed by atoms with van der Waals surface area (Å²) < 4.78 is 31.1. The first kappa shape index (κ1) is 14.0. The van der Waals surface area contributed by atoms with Crippen LogP contribution in [0.25, 0.3) is 0 Å². The number of rotatable bonds is 2. The van der Waals surface area contributed by atoms with Gasteiger partial charge in [-0.1, -0.05) is 0 Å². The molecule has 0 radical (unpaired) electrons. The topological polar surface area (TPSA) is 40.6 Å². The van der Waals surface area contributed by atoms with Crippen molar-refractivity contribution in [3.05, 3.63) is 23.8 Å². The summed E-state index contributed by atoms with van der Waals surface area (Å²) in [5.74, 6) is -0.128. The number of halogens is 1. The number of aromatic nitrogens is 1. The van der Waals surface area contributed by atoms with Crippen LogP contribution < -0.4 is 5.46 Å². The lowest BCUT2D eigenvalue weighted by atomic mass is 9.79. The van der Waals surface area contributed by atoms with Gasteiger partial charge >= 0.3 is 7.12 Å². The molecule has 2 aliphatic rings. The van der Waals surface area contributed by atoms with Gasteiger partial charge in [0.05, 0.1) is 30.1 Å². The second-order valence-corrected chi connectivity index (χ2v) is 6.45. The molecule has 0 aliphatic carbocycles. The molecule has 6 heteroatoms. The summed E-state index contributed by atoms with van der Waals surface area (Å²) in [6, 6.07) is 1.47. The Morgan fingerprint density at radius 2 is 1.80 bits per heavy atom. The van der Waals surface area contributed by atoms with Crippen LogP contribution in [-0.2, 0) is 14.0 Å². The smallest absolute Gasteiger partial charge is 0.399 e. The minimum atomic E-state index is -0.709. The lowest BCUT2D eigenvalue weighted by Gasteiger charge is -2.32. The standard InChI is InChI=1S/C14H19BFNO3/c1-13(2)14(3,4)20-15(19-13)10-6-17-12(5-11(10)16)9-7-18-8-9/h5-6,9H,7-8H2,1-4H3. The van der Waals surface area contributed by atoms with Gasteiger partial charge in [-0.05, 0) is 33.8 Å². The molecule has 2 saturated heterocycles. The van der Waals surface area contributed by atoms with Crippen molar-refractivity contribution in [2.75, 3.05) is 13.2 Å². The highest BCUT2D eigenvalue weighted by atomic mass is 19.1. The molecule has 1 aromatic heterocycles. The highest BCUT2D eigenvalue weighted by molar-refractivity contribution is 6.62. The largest absolute Gasteiger partial charge is 0.499 e. The summed E-state index contributed by atoms with van der Waals surface area (Å²) >= 11 is 0. The summed E-state index contributed by atoms with van der Waals surface area (Å²) in [5, 5.41) is 0. The molecule has 0 saturated carbocycles. The Morgan fingerprint density at radius 1 is 1.20 bits per heavy atom. The maximum Gasteiger partial charge on any atom is 0.499 e. The van der Waals surface area contributed by atoms with Crippen molar-refractivity contribution in [1.29, 1.82) is 0 Å². The van der Waals surface area contributed by atoms with Crippen molar-refractivity contribution >= 4 is 12.6 Å². The number of nitrogens with zero attached hydrogens (tertiary/aromatic N) is 1. The zero-order chi connectivity index (χ0) is 14.5. The first-order valence-electron chi connectivity index (χ1n) is 6.89. The van der Waals surface area contributed by atoms with Gasteiger partial charge in [-0.3, -0.25) is 4.98 Å². The first-order valence-corrected chi connectivity index (χ1v) is 6.89. The highest BCUT2D eigenvalue weighted by Gasteiger charge is 2.52. The van der Waals surface area contributed by atoms with Crippen LogP contribution in [0.15, 0.2) is 12.3 Å². The van der Waals surface area contributed by atoms with Gasteiger partial charge in [0.25, 0.3) is 0 Å². The van der Waals surface area contributed by atoms with Crippen molar-refractivity contribution in [3.8, 4) is 0 Å². The number of hydrogen-bond acceptors (Lipinski definition) is 4. The molecule has 3 heterocycles. The second-order valence-electron chi connectivity index (χ2n) is 6.45. The van der Waals surface area contributed by atoms with E-state index in [-0.39, 0.29) is 11.7 Å². The van der Waals surface area contributed by atoms with E-state index in [0.717, 1.165) is 5.69 Å². The fourth-order valence-corrected chi connectivity index (χ4v) is 2.23. The molecule has 20 heavy (non-hydrogen) atoms. The van der Waals surface area contributed by atoms with Crippen molar-refractivity contribution in [3.63, 3.8) is 0 Å². The van der Waals surface area contributed by atoms with Gasteiger partial charge in [-0.2, -0.15) is 0 Å². The lowest BCUT2D eigenvalue weighted by Crippen LogP contribution is -2.41. The van der Waals surface area contributed by atoms with E-state index < -0.39 is 18.3 Å². The Balaban J connectivity index is 1.85.